The fraction of sp³-hybridized carbons (Fsp3) is 0.250. The predicted octanol–water partition coefficient (Wildman–Crippen LogP) is 3.56. The van der Waals surface area contributed by atoms with Crippen molar-refractivity contribution in [2.24, 2.45) is 0 Å². The molecule has 3 aromatic rings. The van der Waals surface area contributed by atoms with Gasteiger partial charge in [-0.1, -0.05) is 24.3 Å². The Morgan fingerprint density at radius 2 is 1.87 bits per heavy atom. The van der Waals surface area contributed by atoms with E-state index in [9.17, 15) is 22.8 Å². The van der Waals surface area contributed by atoms with Gasteiger partial charge in [0.05, 0.1) is 22.9 Å². The van der Waals surface area contributed by atoms with E-state index in [1.54, 1.807) is 32.0 Å². The lowest BCUT2D eigenvalue weighted by Crippen LogP contribution is -2.22. The molecule has 0 atom stereocenters. The van der Waals surface area contributed by atoms with E-state index in [0.717, 1.165) is 16.9 Å². The standard InChI is InChI=1S/C20H18F3N5O3/c1-12(2)31-19(30)14-7-5-6-13(10-14)18-25-27-28(26-18)11-17(29)24-16-9-4-3-8-15(16)20(21,22)23/h3-10,12H,11H2,1-2H3,(H,24,29). The molecular weight excluding hydrogens is 415 g/mol. The molecule has 3 rings (SSSR count). The summed E-state index contributed by atoms with van der Waals surface area (Å²) < 4.78 is 44.3. The van der Waals surface area contributed by atoms with Crippen molar-refractivity contribution in [2.45, 2.75) is 32.7 Å². The summed E-state index contributed by atoms with van der Waals surface area (Å²) in [5.41, 5.74) is -0.561. The number of nitrogens with one attached hydrogen (secondary N) is 1. The van der Waals surface area contributed by atoms with Gasteiger partial charge in [0.2, 0.25) is 11.7 Å². The van der Waals surface area contributed by atoms with Crippen LogP contribution in [0.2, 0.25) is 0 Å². The lowest BCUT2D eigenvalue weighted by Gasteiger charge is -2.13. The number of rotatable bonds is 6. The average Bonchev–Trinajstić information content (AvgIpc) is 3.15. The Hall–Kier alpha value is -3.76. The first-order chi connectivity index (χ1) is 14.6. The highest BCUT2D eigenvalue weighted by molar-refractivity contribution is 5.91. The summed E-state index contributed by atoms with van der Waals surface area (Å²) in [7, 11) is 0. The molecule has 0 saturated carbocycles. The van der Waals surface area contributed by atoms with Crippen LogP contribution in [0.1, 0.15) is 29.8 Å². The van der Waals surface area contributed by atoms with Crippen LogP contribution in [0.25, 0.3) is 11.4 Å². The number of nitrogens with zero attached hydrogens (tertiary/aromatic N) is 4. The van der Waals surface area contributed by atoms with Gasteiger partial charge in [-0.2, -0.15) is 18.0 Å². The summed E-state index contributed by atoms with van der Waals surface area (Å²) in [5.74, 6) is -1.12. The smallest absolute Gasteiger partial charge is 0.418 e. The number of aromatic nitrogens is 4. The third kappa shape index (κ3) is 5.65. The number of hydrogen-bond donors (Lipinski definition) is 1. The van der Waals surface area contributed by atoms with E-state index < -0.39 is 30.2 Å². The molecule has 1 N–H and O–H groups in total. The van der Waals surface area contributed by atoms with Gasteiger partial charge < -0.3 is 10.1 Å². The summed E-state index contributed by atoms with van der Waals surface area (Å²) >= 11 is 0. The lowest BCUT2D eigenvalue weighted by molar-refractivity contribution is -0.137. The van der Waals surface area contributed by atoms with Crippen LogP contribution < -0.4 is 5.32 Å². The highest BCUT2D eigenvalue weighted by Gasteiger charge is 2.33. The van der Waals surface area contributed by atoms with E-state index in [1.807, 2.05) is 0 Å². The Labute approximate surface area is 175 Å². The minimum atomic E-state index is -4.61. The van der Waals surface area contributed by atoms with Gasteiger partial charge in [-0.05, 0) is 43.3 Å². The van der Waals surface area contributed by atoms with E-state index in [0.29, 0.717) is 11.1 Å². The molecule has 31 heavy (non-hydrogen) atoms. The highest BCUT2D eigenvalue weighted by Crippen LogP contribution is 2.34. The number of amides is 1. The number of carbonyl (C=O) groups excluding carboxylic acids is 2. The summed E-state index contributed by atoms with van der Waals surface area (Å²) in [6.45, 7) is 3.01. The number of benzene rings is 2. The number of para-hydroxylation sites is 1. The molecule has 0 spiro atoms. The quantitative estimate of drug-likeness (QED) is 0.597. The molecule has 0 bridgehead atoms. The average molecular weight is 433 g/mol. The molecule has 11 heteroatoms. The minimum Gasteiger partial charge on any atom is -0.459 e. The summed E-state index contributed by atoms with van der Waals surface area (Å²) in [4.78, 5) is 25.2. The zero-order valence-corrected chi connectivity index (χ0v) is 16.6. The van der Waals surface area contributed by atoms with Crippen LogP contribution in [0.15, 0.2) is 48.5 Å². The molecule has 0 aliphatic carbocycles. The maximum atomic E-state index is 13.1. The second kappa shape index (κ2) is 8.94. The van der Waals surface area contributed by atoms with Gasteiger partial charge in [-0.25, -0.2) is 4.79 Å². The third-order valence-electron chi connectivity index (χ3n) is 3.94. The van der Waals surface area contributed by atoms with E-state index in [4.69, 9.17) is 4.74 Å². The number of anilines is 1. The van der Waals surface area contributed by atoms with Crippen LogP contribution in [0, 0.1) is 0 Å². The molecule has 8 nitrogen and oxygen atoms in total. The fourth-order valence-corrected chi connectivity index (χ4v) is 2.65. The first-order valence-corrected chi connectivity index (χ1v) is 9.19. The summed E-state index contributed by atoms with van der Waals surface area (Å²) in [5, 5.41) is 13.8. The monoisotopic (exact) mass is 433 g/mol. The molecule has 1 aromatic heterocycles. The predicted molar refractivity (Wildman–Crippen MR) is 104 cm³/mol. The van der Waals surface area contributed by atoms with Crippen molar-refractivity contribution in [3.8, 4) is 11.4 Å². The molecule has 0 unspecified atom stereocenters. The molecule has 0 aliphatic heterocycles. The number of halogens is 3. The maximum Gasteiger partial charge on any atom is 0.418 e. The van der Waals surface area contributed by atoms with Crippen LogP contribution in [-0.4, -0.2) is 38.2 Å². The van der Waals surface area contributed by atoms with Gasteiger partial charge in [0, 0.05) is 5.56 Å². The molecule has 2 aromatic carbocycles. The Morgan fingerprint density at radius 1 is 1.13 bits per heavy atom. The molecule has 1 heterocycles. The first-order valence-electron chi connectivity index (χ1n) is 9.19. The van der Waals surface area contributed by atoms with Gasteiger partial charge in [-0.15, -0.1) is 10.2 Å². The van der Waals surface area contributed by atoms with Crippen molar-refractivity contribution in [3.05, 3.63) is 59.7 Å². The van der Waals surface area contributed by atoms with E-state index in [-0.39, 0.29) is 17.6 Å². The highest BCUT2D eigenvalue weighted by atomic mass is 19.4. The maximum absolute atomic E-state index is 13.1. The molecule has 0 radical (unpaired) electrons. The number of hydrogen-bond acceptors (Lipinski definition) is 6. The fourth-order valence-electron chi connectivity index (χ4n) is 2.65. The Kier molecular flexibility index (Phi) is 6.33. The van der Waals surface area contributed by atoms with Crippen molar-refractivity contribution in [3.63, 3.8) is 0 Å². The van der Waals surface area contributed by atoms with Crippen molar-refractivity contribution < 1.29 is 27.5 Å². The first kappa shape index (κ1) is 21.9. The Morgan fingerprint density at radius 3 is 2.58 bits per heavy atom. The Bertz CT molecular complexity index is 1100. The van der Waals surface area contributed by atoms with Gasteiger partial charge >= 0.3 is 12.1 Å². The van der Waals surface area contributed by atoms with Crippen molar-refractivity contribution in [2.75, 3.05) is 5.32 Å². The summed E-state index contributed by atoms with van der Waals surface area (Å²) in [6.07, 6.45) is -4.89. The van der Waals surface area contributed by atoms with E-state index in [2.05, 4.69) is 20.7 Å². The van der Waals surface area contributed by atoms with Gasteiger partial charge in [0.1, 0.15) is 6.54 Å². The molecular formula is C20H18F3N5O3. The van der Waals surface area contributed by atoms with Crippen LogP contribution in [0.3, 0.4) is 0 Å². The van der Waals surface area contributed by atoms with E-state index >= 15 is 0 Å². The number of alkyl halides is 3. The number of esters is 1. The minimum absolute atomic E-state index is 0.141. The van der Waals surface area contributed by atoms with Crippen molar-refractivity contribution >= 4 is 17.6 Å². The summed E-state index contributed by atoms with van der Waals surface area (Å²) in [6, 6.07) is 11.0. The SMILES string of the molecule is CC(C)OC(=O)c1cccc(-c2nnn(CC(=O)Nc3ccccc3C(F)(F)F)n2)c1. The van der Waals surface area contributed by atoms with Crippen molar-refractivity contribution in [1.29, 1.82) is 0 Å². The zero-order chi connectivity index (χ0) is 22.6. The van der Waals surface area contributed by atoms with Crippen LogP contribution in [0.4, 0.5) is 18.9 Å². The van der Waals surface area contributed by atoms with Crippen LogP contribution >= 0.6 is 0 Å². The normalized spacial score (nSPS) is 11.4. The molecule has 0 saturated heterocycles. The van der Waals surface area contributed by atoms with Crippen LogP contribution in [-0.2, 0) is 22.3 Å². The second-order valence-electron chi connectivity index (χ2n) is 6.77. The number of carbonyl (C=O) groups is 2. The topological polar surface area (TPSA) is 99.0 Å². The Balaban J connectivity index is 1.71. The zero-order valence-electron chi connectivity index (χ0n) is 16.6. The van der Waals surface area contributed by atoms with E-state index in [1.165, 1.54) is 18.2 Å². The van der Waals surface area contributed by atoms with Crippen molar-refractivity contribution in [1.82, 2.24) is 20.2 Å². The largest absolute Gasteiger partial charge is 0.459 e. The van der Waals surface area contributed by atoms with Crippen LogP contribution in [0.5, 0.6) is 0 Å². The molecule has 0 aliphatic rings. The molecule has 162 valence electrons. The number of ether oxygens (including phenoxy) is 1. The van der Waals surface area contributed by atoms with Gasteiger partial charge in [0.25, 0.3) is 0 Å². The molecule has 1 amide bonds. The van der Waals surface area contributed by atoms with Gasteiger partial charge in [0.15, 0.2) is 0 Å². The number of tetrazole rings is 1. The molecule has 0 fully saturated rings. The second-order valence-corrected chi connectivity index (χ2v) is 6.77. The lowest BCUT2D eigenvalue weighted by atomic mass is 10.1. The third-order valence-corrected chi connectivity index (χ3v) is 3.94. The van der Waals surface area contributed by atoms with Gasteiger partial charge in [-0.3, -0.25) is 4.79 Å².